The summed E-state index contributed by atoms with van der Waals surface area (Å²) in [4.78, 5) is 29.1. The third-order valence-electron chi connectivity index (χ3n) is 4.00. The summed E-state index contributed by atoms with van der Waals surface area (Å²) < 4.78 is 44.1. The molecule has 0 saturated carbocycles. The zero-order chi connectivity index (χ0) is 21.7. The average Bonchev–Trinajstić information content (AvgIpc) is 2.72. The monoisotopic (exact) mass is 434 g/mol. The number of amides is 1. The summed E-state index contributed by atoms with van der Waals surface area (Å²) >= 11 is 5.90. The molecule has 1 aromatic heterocycles. The number of esters is 1. The van der Waals surface area contributed by atoms with Crippen molar-refractivity contribution in [2.24, 2.45) is 0 Å². The third kappa shape index (κ3) is 5.15. The molecule has 3 rings (SSSR count). The molecule has 9 heteroatoms. The number of nitrogens with one attached hydrogen (secondary N) is 1. The smallest absolute Gasteiger partial charge is 0.416 e. The predicted molar refractivity (Wildman–Crippen MR) is 104 cm³/mol. The number of nitrogens with zero attached hydrogens (tertiary/aromatic N) is 1. The second-order valence-electron chi connectivity index (χ2n) is 6.11. The normalized spacial score (nSPS) is 12.1. The van der Waals surface area contributed by atoms with E-state index in [1.54, 1.807) is 30.3 Å². The van der Waals surface area contributed by atoms with Crippen molar-refractivity contribution in [2.75, 3.05) is 5.32 Å². The fourth-order valence-electron chi connectivity index (χ4n) is 2.59. The highest BCUT2D eigenvalue weighted by molar-refractivity contribution is 6.32. The SMILES string of the molecule is O=C(OC(C(=O)Nc1cccc(C(F)(F)F)c1)c1ccccc1)c1cccnc1Cl. The van der Waals surface area contributed by atoms with Crippen LogP contribution in [0, 0.1) is 0 Å². The van der Waals surface area contributed by atoms with Crippen LogP contribution in [-0.2, 0) is 15.7 Å². The number of hydrogen-bond acceptors (Lipinski definition) is 4. The molecular weight excluding hydrogens is 421 g/mol. The number of alkyl halides is 3. The van der Waals surface area contributed by atoms with Gasteiger partial charge < -0.3 is 10.1 Å². The molecule has 0 aliphatic carbocycles. The maximum Gasteiger partial charge on any atom is 0.416 e. The number of carbonyl (C=O) groups excluding carboxylic acids is 2. The lowest BCUT2D eigenvalue weighted by molar-refractivity contribution is -0.137. The Kier molecular flexibility index (Phi) is 6.37. The van der Waals surface area contributed by atoms with Crippen molar-refractivity contribution < 1.29 is 27.5 Å². The van der Waals surface area contributed by atoms with Crippen molar-refractivity contribution in [1.82, 2.24) is 4.98 Å². The molecule has 0 radical (unpaired) electrons. The van der Waals surface area contributed by atoms with Gasteiger partial charge in [-0.25, -0.2) is 9.78 Å². The van der Waals surface area contributed by atoms with E-state index in [4.69, 9.17) is 16.3 Å². The van der Waals surface area contributed by atoms with Crippen LogP contribution in [0.3, 0.4) is 0 Å². The summed E-state index contributed by atoms with van der Waals surface area (Å²) in [6, 6.07) is 15.1. The van der Waals surface area contributed by atoms with Crippen LogP contribution >= 0.6 is 11.6 Å². The first-order valence-corrected chi connectivity index (χ1v) is 8.98. The van der Waals surface area contributed by atoms with E-state index >= 15 is 0 Å². The number of rotatable bonds is 5. The molecule has 1 N–H and O–H groups in total. The minimum atomic E-state index is -4.57. The van der Waals surface area contributed by atoms with Crippen molar-refractivity contribution in [3.63, 3.8) is 0 Å². The van der Waals surface area contributed by atoms with E-state index in [1.165, 1.54) is 24.4 Å². The Morgan fingerprint density at radius 3 is 2.40 bits per heavy atom. The first-order chi connectivity index (χ1) is 14.3. The second kappa shape index (κ2) is 8.96. The molecule has 1 amide bonds. The van der Waals surface area contributed by atoms with E-state index in [0.717, 1.165) is 18.2 Å². The zero-order valence-corrected chi connectivity index (χ0v) is 15.9. The minimum absolute atomic E-state index is 0.0491. The summed E-state index contributed by atoms with van der Waals surface area (Å²) in [6.07, 6.45) is -4.61. The van der Waals surface area contributed by atoms with Gasteiger partial charge in [0, 0.05) is 17.4 Å². The predicted octanol–water partition coefficient (Wildman–Crippen LogP) is 5.29. The Balaban J connectivity index is 1.87. The molecule has 3 aromatic rings. The highest BCUT2D eigenvalue weighted by Gasteiger charge is 2.31. The summed E-state index contributed by atoms with van der Waals surface area (Å²) in [7, 11) is 0. The molecule has 0 bridgehead atoms. The lowest BCUT2D eigenvalue weighted by Gasteiger charge is -2.19. The van der Waals surface area contributed by atoms with Crippen molar-refractivity contribution in [3.05, 3.63) is 94.8 Å². The number of pyridine rings is 1. The Labute approximate surface area is 174 Å². The first kappa shape index (κ1) is 21.3. The topological polar surface area (TPSA) is 68.3 Å². The highest BCUT2D eigenvalue weighted by Crippen LogP contribution is 2.31. The highest BCUT2D eigenvalue weighted by atomic mass is 35.5. The Morgan fingerprint density at radius 1 is 1.00 bits per heavy atom. The fraction of sp³-hybridized carbons (Fsp3) is 0.0952. The van der Waals surface area contributed by atoms with Gasteiger partial charge in [-0.15, -0.1) is 0 Å². The van der Waals surface area contributed by atoms with Gasteiger partial charge in [0.25, 0.3) is 5.91 Å². The summed E-state index contributed by atoms with van der Waals surface area (Å²) in [6.45, 7) is 0. The number of aromatic nitrogens is 1. The van der Waals surface area contributed by atoms with Crippen molar-refractivity contribution >= 4 is 29.2 Å². The Hall–Kier alpha value is -3.39. The molecule has 1 atom stereocenters. The molecule has 0 fully saturated rings. The molecule has 5 nitrogen and oxygen atoms in total. The Morgan fingerprint density at radius 2 is 1.73 bits per heavy atom. The van der Waals surface area contributed by atoms with Crippen LogP contribution in [0.4, 0.5) is 18.9 Å². The van der Waals surface area contributed by atoms with Crippen LogP contribution in [0.1, 0.15) is 27.6 Å². The zero-order valence-electron chi connectivity index (χ0n) is 15.2. The number of halogens is 4. The van der Waals surface area contributed by atoms with E-state index in [1.807, 2.05) is 0 Å². The Bertz CT molecular complexity index is 1060. The van der Waals surface area contributed by atoms with Gasteiger partial charge in [-0.1, -0.05) is 48.0 Å². The van der Waals surface area contributed by atoms with Crippen molar-refractivity contribution in [1.29, 1.82) is 0 Å². The van der Waals surface area contributed by atoms with Crippen molar-refractivity contribution in [3.8, 4) is 0 Å². The lowest BCUT2D eigenvalue weighted by atomic mass is 10.1. The maximum absolute atomic E-state index is 12.9. The standard InChI is InChI=1S/C21H14ClF3N2O3/c22-18-16(10-5-11-26-18)20(29)30-17(13-6-2-1-3-7-13)19(28)27-15-9-4-8-14(12-15)21(23,24)25/h1-12,17H,(H,27,28). The summed E-state index contributed by atoms with van der Waals surface area (Å²) in [5.41, 5.74) is -0.732. The largest absolute Gasteiger partial charge is 0.444 e. The molecule has 154 valence electrons. The van der Waals surface area contributed by atoms with Crippen LogP contribution in [0.2, 0.25) is 5.15 Å². The van der Waals surface area contributed by atoms with E-state index in [0.29, 0.717) is 5.56 Å². The van der Waals surface area contributed by atoms with Gasteiger partial charge in [-0.3, -0.25) is 4.79 Å². The molecule has 0 aliphatic rings. The van der Waals surface area contributed by atoms with Gasteiger partial charge in [0.1, 0.15) is 5.15 Å². The van der Waals surface area contributed by atoms with Gasteiger partial charge in [0.05, 0.1) is 11.1 Å². The van der Waals surface area contributed by atoms with Crippen molar-refractivity contribution in [2.45, 2.75) is 12.3 Å². The van der Waals surface area contributed by atoms with Gasteiger partial charge >= 0.3 is 12.1 Å². The number of ether oxygens (including phenoxy) is 1. The molecule has 0 aliphatic heterocycles. The van der Waals surface area contributed by atoms with E-state index in [-0.39, 0.29) is 16.4 Å². The minimum Gasteiger partial charge on any atom is -0.444 e. The first-order valence-electron chi connectivity index (χ1n) is 8.60. The average molecular weight is 435 g/mol. The molecule has 30 heavy (non-hydrogen) atoms. The van der Waals surface area contributed by atoms with Gasteiger partial charge in [-0.05, 0) is 30.3 Å². The fourth-order valence-corrected chi connectivity index (χ4v) is 2.79. The van der Waals surface area contributed by atoms with Crippen LogP contribution in [0.25, 0.3) is 0 Å². The van der Waals surface area contributed by atoms with E-state index in [9.17, 15) is 22.8 Å². The maximum atomic E-state index is 12.9. The summed E-state index contributed by atoms with van der Waals surface area (Å²) in [5, 5.41) is 2.26. The van der Waals surface area contributed by atoms with Crippen LogP contribution < -0.4 is 5.32 Å². The molecule has 1 heterocycles. The van der Waals surface area contributed by atoms with Crippen LogP contribution in [-0.4, -0.2) is 16.9 Å². The third-order valence-corrected chi connectivity index (χ3v) is 4.30. The molecular formula is C21H14ClF3N2O3. The van der Waals surface area contributed by atoms with E-state index in [2.05, 4.69) is 10.3 Å². The number of hydrogen-bond donors (Lipinski definition) is 1. The second-order valence-corrected chi connectivity index (χ2v) is 6.46. The lowest BCUT2D eigenvalue weighted by Crippen LogP contribution is -2.26. The number of anilines is 1. The number of carbonyl (C=O) groups is 2. The summed E-state index contributed by atoms with van der Waals surface area (Å²) in [5.74, 6) is -1.73. The molecule has 1 unspecified atom stereocenters. The van der Waals surface area contributed by atoms with Gasteiger partial charge in [0.2, 0.25) is 6.10 Å². The molecule has 0 spiro atoms. The number of benzene rings is 2. The van der Waals surface area contributed by atoms with Crippen LogP contribution in [0.5, 0.6) is 0 Å². The van der Waals surface area contributed by atoms with Gasteiger partial charge in [-0.2, -0.15) is 13.2 Å². The van der Waals surface area contributed by atoms with Gasteiger partial charge in [0.15, 0.2) is 0 Å². The quantitative estimate of drug-likeness (QED) is 0.437. The molecule has 2 aromatic carbocycles. The van der Waals surface area contributed by atoms with E-state index < -0.39 is 29.7 Å². The van der Waals surface area contributed by atoms with Crippen LogP contribution in [0.15, 0.2) is 72.9 Å². The molecule has 0 saturated heterocycles.